The van der Waals surface area contributed by atoms with Gasteiger partial charge in [0.2, 0.25) is 0 Å². The molecular formula is C41H67NO8. The van der Waals surface area contributed by atoms with Crippen LogP contribution in [0.25, 0.3) is 0 Å². The molecular weight excluding hydrogens is 634 g/mol. The molecule has 0 aromatic rings. The molecule has 284 valence electrons. The molecule has 0 aromatic carbocycles. The number of carbonyl (C=O) groups excluding carboxylic acids is 1. The molecule has 5 fully saturated rings. The van der Waals surface area contributed by atoms with Gasteiger partial charge in [0.15, 0.2) is 6.29 Å². The highest BCUT2D eigenvalue weighted by Gasteiger charge is 2.71. The second kappa shape index (κ2) is 15.9. The van der Waals surface area contributed by atoms with Gasteiger partial charge in [-0.25, -0.2) is 4.79 Å². The predicted molar refractivity (Wildman–Crippen MR) is 193 cm³/mol. The van der Waals surface area contributed by atoms with Crippen molar-refractivity contribution < 1.29 is 39.4 Å². The molecule has 4 aliphatic carbocycles. The molecule has 0 amide bonds. The van der Waals surface area contributed by atoms with Crippen LogP contribution in [0, 0.1) is 28.6 Å². The number of cyclic esters (lactones) is 1. The van der Waals surface area contributed by atoms with Crippen molar-refractivity contribution in [3.05, 3.63) is 11.6 Å². The summed E-state index contributed by atoms with van der Waals surface area (Å²) in [6, 6.07) is 0. The number of nitrogens with zero attached hydrogens (tertiary/aromatic N) is 1. The Hall–Kier alpha value is -1.36. The van der Waals surface area contributed by atoms with Crippen molar-refractivity contribution in [2.24, 2.45) is 33.6 Å². The second-order valence-corrected chi connectivity index (χ2v) is 17.4. The zero-order valence-corrected chi connectivity index (χ0v) is 31.2. The lowest BCUT2D eigenvalue weighted by Crippen LogP contribution is -2.69. The summed E-state index contributed by atoms with van der Waals surface area (Å²) in [7, 11) is 0. The SMILES string of the molecule is CCCCCCCCCCCCN=C[C@]12CC[C@H](O[C@@H]3C[C@H](O)[C@H](O)[C@H](C)O3)C[C@]1(O)CC[C@@H]1[C@@H]2CC[C@@]2(C)[C@H](C3=CC(=O)OC3)CC[C@@]12O. The van der Waals surface area contributed by atoms with Crippen LogP contribution in [0.4, 0.5) is 0 Å². The lowest BCUT2D eigenvalue weighted by atomic mass is 9.41. The van der Waals surface area contributed by atoms with Crippen LogP contribution < -0.4 is 0 Å². The normalized spacial score (nSPS) is 44.5. The average Bonchev–Trinajstić information content (AvgIpc) is 3.63. The Morgan fingerprint density at radius 1 is 0.920 bits per heavy atom. The maximum Gasteiger partial charge on any atom is 0.331 e. The minimum atomic E-state index is -1.03. The number of hydrogen-bond donors (Lipinski definition) is 4. The summed E-state index contributed by atoms with van der Waals surface area (Å²) in [6.07, 6.45) is 20.0. The molecule has 9 heteroatoms. The summed E-state index contributed by atoms with van der Waals surface area (Å²) in [5, 5.41) is 46.2. The molecule has 6 rings (SSSR count). The van der Waals surface area contributed by atoms with Gasteiger partial charge in [0, 0.05) is 42.5 Å². The molecule has 12 atom stereocenters. The summed E-state index contributed by atoms with van der Waals surface area (Å²) in [4.78, 5) is 17.1. The molecule has 0 bridgehead atoms. The number of esters is 1. The zero-order valence-electron chi connectivity index (χ0n) is 31.2. The van der Waals surface area contributed by atoms with Crippen LogP contribution in [0.5, 0.6) is 0 Å². The smallest absolute Gasteiger partial charge is 0.331 e. The van der Waals surface area contributed by atoms with E-state index in [9.17, 15) is 25.2 Å². The Kier molecular flexibility index (Phi) is 12.2. The number of aliphatic hydroxyl groups excluding tert-OH is 2. The van der Waals surface area contributed by atoms with Gasteiger partial charge in [0.1, 0.15) is 12.7 Å². The first-order chi connectivity index (χ1) is 24.0. The molecule has 0 aromatic heterocycles. The van der Waals surface area contributed by atoms with E-state index in [0.717, 1.165) is 50.6 Å². The van der Waals surface area contributed by atoms with Crippen LogP contribution in [0.15, 0.2) is 16.6 Å². The molecule has 1 saturated heterocycles. The predicted octanol–water partition coefficient (Wildman–Crippen LogP) is 6.57. The number of hydrogen-bond acceptors (Lipinski definition) is 9. The third kappa shape index (κ3) is 7.26. The first-order valence-electron chi connectivity index (χ1n) is 20.5. The molecule has 50 heavy (non-hydrogen) atoms. The Bertz CT molecular complexity index is 1210. The van der Waals surface area contributed by atoms with Crippen molar-refractivity contribution in [3.63, 3.8) is 0 Å². The summed E-state index contributed by atoms with van der Waals surface area (Å²) in [5.74, 6) is -0.0252. The van der Waals surface area contributed by atoms with Crippen LogP contribution in [0.1, 0.15) is 149 Å². The van der Waals surface area contributed by atoms with E-state index in [1.165, 1.54) is 57.8 Å². The third-order valence-electron chi connectivity index (χ3n) is 14.6. The third-order valence-corrected chi connectivity index (χ3v) is 14.6. The second-order valence-electron chi connectivity index (χ2n) is 17.4. The minimum absolute atomic E-state index is 0.0329. The average molecular weight is 702 g/mol. The van der Waals surface area contributed by atoms with E-state index in [1.807, 2.05) is 0 Å². The van der Waals surface area contributed by atoms with E-state index in [0.29, 0.717) is 32.3 Å². The molecule has 4 saturated carbocycles. The Balaban J connectivity index is 1.15. The number of unbranched alkanes of at least 4 members (excludes halogenated alkanes) is 9. The number of fused-ring (bicyclic) bond motifs is 5. The lowest BCUT2D eigenvalue weighted by molar-refractivity contribution is -0.282. The minimum Gasteiger partial charge on any atom is -0.458 e. The number of rotatable bonds is 15. The highest BCUT2D eigenvalue weighted by atomic mass is 16.7. The molecule has 4 N–H and O–H groups in total. The van der Waals surface area contributed by atoms with Crippen LogP contribution in [-0.4, -0.2) is 87.7 Å². The lowest BCUT2D eigenvalue weighted by Gasteiger charge is -2.66. The van der Waals surface area contributed by atoms with Gasteiger partial charge in [-0.15, -0.1) is 0 Å². The zero-order chi connectivity index (χ0) is 35.6. The van der Waals surface area contributed by atoms with Crippen LogP contribution >= 0.6 is 0 Å². The van der Waals surface area contributed by atoms with Crippen LogP contribution in [-0.2, 0) is 19.0 Å². The van der Waals surface area contributed by atoms with Gasteiger partial charge in [-0.2, -0.15) is 0 Å². The molecule has 2 heterocycles. The Morgan fingerprint density at radius 3 is 2.30 bits per heavy atom. The van der Waals surface area contributed by atoms with Gasteiger partial charge in [-0.1, -0.05) is 71.6 Å². The van der Waals surface area contributed by atoms with E-state index in [2.05, 4.69) is 20.1 Å². The maximum absolute atomic E-state index is 12.8. The number of aliphatic hydroxyl groups is 4. The quantitative estimate of drug-likeness (QED) is 0.0651. The van der Waals surface area contributed by atoms with E-state index < -0.39 is 41.2 Å². The van der Waals surface area contributed by atoms with Crippen molar-refractivity contribution in [2.75, 3.05) is 13.2 Å². The fraction of sp³-hybridized carbons (Fsp3) is 0.902. The van der Waals surface area contributed by atoms with E-state index in [4.69, 9.17) is 19.2 Å². The summed E-state index contributed by atoms with van der Waals surface area (Å²) < 4.78 is 17.7. The number of ether oxygens (including phenoxy) is 3. The van der Waals surface area contributed by atoms with Gasteiger partial charge in [0.05, 0.1) is 29.5 Å². The van der Waals surface area contributed by atoms with Crippen LogP contribution in [0.2, 0.25) is 0 Å². The van der Waals surface area contributed by atoms with Crippen molar-refractivity contribution in [1.29, 1.82) is 0 Å². The largest absolute Gasteiger partial charge is 0.458 e. The fourth-order valence-electron chi connectivity index (χ4n) is 11.7. The van der Waals surface area contributed by atoms with E-state index in [1.54, 1.807) is 13.0 Å². The molecule has 2 aliphatic heterocycles. The van der Waals surface area contributed by atoms with Crippen LogP contribution in [0.3, 0.4) is 0 Å². The maximum atomic E-state index is 12.8. The van der Waals surface area contributed by atoms with Gasteiger partial charge in [-0.3, -0.25) is 4.99 Å². The van der Waals surface area contributed by atoms with Gasteiger partial charge in [0.25, 0.3) is 0 Å². The van der Waals surface area contributed by atoms with Gasteiger partial charge >= 0.3 is 5.97 Å². The topological polar surface area (TPSA) is 138 Å². The Labute approximate surface area is 300 Å². The standard InChI is InChI=1S/C41H67NO8/c1-4-5-6-7-8-9-10-11-12-13-22-42-27-39-19-14-30(50-36-24-34(43)37(45)28(2)49-36)25-40(39,46)20-16-33-32(39)15-18-38(3)31(17-21-41(33,38)47)29-23-35(44)48-26-29/h23,27-28,30-34,36-37,43,45-47H,4-22,24-26H2,1-3H3/t28-,30-,31-,32-,33+,34-,36+,37+,38-,39-,40+,41+/m0/s1. The molecule has 0 radical (unpaired) electrons. The Morgan fingerprint density at radius 2 is 1.62 bits per heavy atom. The monoisotopic (exact) mass is 701 g/mol. The molecule has 9 nitrogen and oxygen atoms in total. The fourth-order valence-corrected chi connectivity index (χ4v) is 11.7. The molecule has 0 spiro atoms. The highest BCUT2D eigenvalue weighted by molar-refractivity contribution is 5.85. The van der Waals surface area contributed by atoms with E-state index >= 15 is 0 Å². The number of carbonyl (C=O) groups is 1. The van der Waals surface area contributed by atoms with Crippen molar-refractivity contribution >= 4 is 12.2 Å². The van der Waals surface area contributed by atoms with Gasteiger partial charge < -0.3 is 34.6 Å². The first kappa shape index (κ1) is 38.4. The van der Waals surface area contributed by atoms with Crippen molar-refractivity contribution in [1.82, 2.24) is 0 Å². The molecule has 6 aliphatic rings. The summed E-state index contributed by atoms with van der Waals surface area (Å²) in [5.41, 5.74) is -1.80. The van der Waals surface area contributed by atoms with Crippen molar-refractivity contribution in [2.45, 2.75) is 191 Å². The number of aliphatic imine (C=N–C) groups is 1. The first-order valence-corrected chi connectivity index (χ1v) is 20.5. The van der Waals surface area contributed by atoms with Crippen molar-refractivity contribution in [3.8, 4) is 0 Å². The molecule has 0 unspecified atom stereocenters. The van der Waals surface area contributed by atoms with E-state index in [-0.39, 0.29) is 41.7 Å². The highest BCUT2D eigenvalue weighted by Crippen LogP contribution is 2.70. The van der Waals surface area contributed by atoms with Gasteiger partial charge in [-0.05, 0) is 88.0 Å². The summed E-state index contributed by atoms with van der Waals surface area (Å²) >= 11 is 0. The summed E-state index contributed by atoms with van der Waals surface area (Å²) in [6.45, 7) is 7.33.